The van der Waals surface area contributed by atoms with Crippen molar-refractivity contribution in [2.45, 2.75) is 129 Å². The molecular weight excluding hydrogens is 912 g/mol. The molecule has 0 saturated carbocycles. The maximum Gasteiger partial charge on any atom is 0.343 e. The van der Waals surface area contributed by atoms with Crippen LogP contribution < -0.4 is 20.0 Å². The Morgan fingerprint density at radius 2 is 1.03 bits per heavy atom. The van der Waals surface area contributed by atoms with Crippen molar-refractivity contribution in [3.63, 3.8) is 0 Å². The van der Waals surface area contributed by atoms with Gasteiger partial charge in [0.1, 0.15) is 0 Å². The molecule has 13 rings (SSSR count). The van der Waals surface area contributed by atoms with Gasteiger partial charge in [0.2, 0.25) is 0 Å². The first-order valence-corrected chi connectivity index (χ1v) is 28.4. The fourth-order valence-electron chi connectivity index (χ4n) is 13.6. The summed E-state index contributed by atoms with van der Waals surface area (Å²) in [6.45, 7) is 22.0. The highest BCUT2D eigenvalue weighted by atomic mass is 32.1. The number of benzene rings is 8. The number of anilines is 5. The third-order valence-corrected chi connectivity index (χ3v) is 19.4. The number of fused-ring (bicyclic) bond motifs is 8. The van der Waals surface area contributed by atoms with Gasteiger partial charge in [-0.25, -0.2) is 0 Å². The molecular formula is C70H69BN2S. The van der Waals surface area contributed by atoms with E-state index in [0.29, 0.717) is 0 Å². The summed E-state index contributed by atoms with van der Waals surface area (Å²) in [6.07, 6.45) is 8.11. The van der Waals surface area contributed by atoms with Crippen LogP contribution in [0.2, 0.25) is 0 Å². The van der Waals surface area contributed by atoms with E-state index in [1.165, 1.54) is 153 Å². The van der Waals surface area contributed by atoms with Gasteiger partial charge in [-0.1, -0.05) is 184 Å². The number of hydrogen-bond donors (Lipinski definition) is 0. The molecule has 0 atom stereocenters. The lowest BCUT2D eigenvalue weighted by molar-refractivity contribution is 0.332. The zero-order valence-corrected chi connectivity index (χ0v) is 45.8. The van der Waals surface area contributed by atoms with E-state index in [1.807, 2.05) is 11.3 Å². The lowest BCUT2D eigenvalue weighted by Crippen LogP contribution is -2.60. The van der Waals surface area contributed by atoms with Crippen LogP contribution in [0, 0.1) is 0 Å². The fraction of sp³-hybridized carbons (Fsp3) is 0.286. The van der Waals surface area contributed by atoms with Crippen LogP contribution in [-0.4, -0.2) is 6.85 Å². The lowest BCUT2D eigenvalue weighted by atomic mass is 9.46. The Kier molecular flexibility index (Phi) is 11.0. The van der Waals surface area contributed by atoms with Crippen LogP contribution in [0.15, 0.2) is 170 Å². The average molecular weight is 981 g/mol. The van der Waals surface area contributed by atoms with Gasteiger partial charge in [0, 0.05) is 43.1 Å². The molecule has 4 aliphatic rings. The Bertz CT molecular complexity index is 3670. The van der Waals surface area contributed by atoms with Gasteiger partial charge in [-0.05, 0) is 181 Å². The zero-order valence-electron chi connectivity index (χ0n) is 45.0. The molecule has 4 heteroatoms. The molecule has 0 radical (unpaired) electrons. The highest BCUT2D eigenvalue weighted by molar-refractivity contribution is 7.32. The van der Waals surface area contributed by atoms with Gasteiger partial charge < -0.3 is 9.71 Å². The predicted octanol–water partition coefficient (Wildman–Crippen LogP) is 18.7. The number of unbranched alkanes of at least 4 members (excludes halogenated alkanes) is 1. The van der Waals surface area contributed by atoms with Crippen molar-refractivity contribution in [3.05, 3.63) is 198 Å². The molecule has 2 aliphatic heterocycles. The van der Waals surface area contributed by atoms with E-state index in [-0.39, 0.29) is 28.5 Å². The van der Waals surface area contributed by atoms with Gasteiger partial charge in [0.05, 0.1) is 11.4 Å². The number of aryl methyl sites for hydroxylation is 1. The molecule has 368 valence electrons. The van der Waals surface area contributed by atoms with E-state index in [9.17, 15) is 0 Å². The normalized spacial score (nSPS) is 17.3. The summed E-state index contributed by atoms with van der Waals surface area (Å²) in [6, 6.07) is 66.0. The van der Waals surface area contributed by atoms with Crippen molar-refractivity contribution in [1.29, 1.82) is 0 Å². The second-order valence-electron chi connectivity index (χ2n) is 24.8. The molecule has 0 fully saturated rings. The number of thiophene rings is 1. The first-order valence-electron chi connectivity index (χ1n) is 27.6. The molecule has 8 aromatic carbocycles. The molecule has 1 aromatic heterocycles. The third kappa shape index (κ3) is 7.40. The third-order valence-electron chi connectivity index (χ3n) is 18.2. The quantitative estimate of drug-likeness (QED) is 0.140. The molecule has 0 bridgehead atoms. The number of hydrogen-bond acceptors (Lipinski definition) is 3. The first kappa shape index (κ1) is 47.1. The summed E-state index contributed by atoms with van der Waals surface area (Å²) in [5.74, 6) is 0. The smallest absolute Gasteiger partial charge is 0.343 e. The maximum atomic E-state index is 2.80. The van der Waals surface area contributed by atoms with Gasteiger partial charge in [-0.3, -0.25) is 0 Å². The van der Waals surface area contributed by atoms with Crippen molar-refractivity contribution in [2.75, 3.05) is 9.71 Å². The minimum absolute atomic E-state index is 0.0386. The minimum atomic E-state index is -0.0941. The van der Waals surface area contributed by atoms with Crippen molar-refractivity contribution >= 4 is 66.9 Å². The topological polar surface area (TPSA) is 6.48 Å². The van der Waals surface area contributed by atoms with Crippen molar-refractivity contribution in [3.8, 4) is 44.5 Å². The average Bonchev–Trinajstić information content (AvgIpc) is 3.81. The summed E-state index contributed by atoms with van der Waals surface area (Å²) >= 11 is 2.05. The van der Waals surface area contributed by atoms with E-state index in [0.717, 1.165) is 12.8 Å². The minimum Gasteiger partial charge on any atom is -0.376 e. The summed E-state index contributed by atoms with van der Waals surface area (Å²) in [4.78, 5) is 5.52. The summed E-state index contributed by atoms with van der Waals surface area (Å²) < 4.78 is 2.78. The highest BCUT2D eigenvalue weighted by Gasteiger charge is 2.49. The van der Waals surface area contributed by atoms with Crippen LogP contribution in [0.4, 0.5) is 28.4 Å². The van der Waals surface area contributed by atoms with E-state index in [4.69, 9.17) is 0 Å². The number of rotatable bonds is 8. The summed E-state index contributed by atoms with van der Waals surface area (Å²) in [5, 5.41) is 1.36. The molecule has 2 nitrogen and oxygen atoms in total. The molecule has 74 heavy (non-hydrogen) atoms. The van der Waals surface area contributed by atoms with E-state index >= 15 is 0 Å². The SMILES string of the molecule is CCCCc1ccc(N2c3cccc4c3B(c3sc5cc6c(cc5c32)C(C)(C)CCC6(C)C)N(c2ccc3c(c2)C(C)(C)CCC3(C)C)c2cc(-c3ccccc3)c(-c3ccccc3)cc2-4)c(-c2ccccc2)c1. The summed E-state index contributed by atoms with van der Waals surface area (Å²) in [7, 11) is 0. The lowest BCUT2D eigenvalue weighted by Gasteiger charge is -2.46. The molecule has 0 amide bonds. The molecule has 2 aliphatic carbocycles. The van der Waals surface area contributed by atoms with Crippen LogP contribution in [-0.2, 0) is 28.1 Å². The second-order valence-corrected chi connectivity index (χ2v) is 25.9. The van der Waals surface area contributed by atoms with Gasteiger partial charge in [-0.15, -0.1) is 11.3 Å². The Labute approximate surface area is 445 Å². The molecule has 0 saturated heterocycles. The maximum absolute atomic E-state index is 2.80. The van der Waals surface area contributed by atoms with Crippen LogP contribution in [0.3, 0.4) is 0 Å². The molecule has 0 N–H and O–H groups in total. The Morgan fingerprint density at radius 1 is 0.459 bits per heavy atom. The van der Waals surface area contributed by atoms with Crippen LogP contribution in [0.5, 0.6) is 0 Å². The Morgan fingerprint density at radius 3 is 1.65 bits per heavy atom. The molecule has 3 heterocycles. The van der Waals surface area contributed by atoms with Gasteiger partial charge in [0.25, 0.3) is 0 Å². The summed E-state index contributed by atoms with van der Waals surface area (Å²) in [5.41, 5.74) is 25.5. The Balaban J connectivity index is 1.17. The van der Waals surface area contributed by atoms with E-state index in [1.54, 1.807) is 0 Å². The molecule has 0 unspecified atom stereocenters. The zero-order chi connectivity index (χ0) is 50.9. The standard InChI is InChI=1S/C70H69BN2S/c1-10-11-22-45-31-34-60(53(39-45)48-27-19-14-20-28-48)72-61-30-21-29-50-54-41-51(46-23-15-12-16-24-46)52(47-25-17-13-18-26-47)43-62(54)73(49-32-33-56-57(40-49)68(4,5)36-35-67(56,2)3)71(64(50)61)66-65(72)55-42-58-59(44-63(55)74-66)70(8,9)38-37-69(58,6)7/h12-21,23-34,39-44H,10-11,22,35-38H2,1-9H3. The largest absolute Gasteiger partial charge is 0.376 e. The van der Waals surface area contributed by atoms with Gasteiger partial charge in [-0.2, -0.15) is 0 Å². The van der Waals surface area contributed by atoms with E-state index < -0.39 is 0 Å². The van der Waals surface area contributed by atoms with Crippen molar-refractivity contribution in [2.24, 2.45) is 0 Å². The van der Waals surface area contributed by atoms with Crippen LogP contribution in [0.1, 0.15) is 129 Å². The van der Waals surface area contributed by atoms with Crippen LogP contribution >= 0.6 is 11.3 Å². The van der Waals surface area contributed by atoms with Crippen molar-refractivity contribution < 1.29 is 0 Å². The van der Waals surface area contributed by atoms with Crippen molar-refractivity contribution in [1.82, 2.24) is 0 Å². The first-order chi connectivity index (χ1) is 35.6. The molecule has 0 spiro atoms. The second kappa shape index (κ2) is 17.2. The monoisotopic (exact) mass is 981 g/mol. The molecule has 9 aromatic rings. The van der Waals surface area contributed by atoms with Gasteiger partial charge >= 0.3 is 6.85 Å². The fourth-order valence-corrected chi connectivity index (χ4v) is 14.9. The van der Waals surface area contributed by atoms with E-state index in [2.05, 4.69) is 242 Å². The number of nitrogens with zero attached hydrogens (tertiary/aromatic N) is 2. The predicted molar refractivity (Wildman–Crippen MR) is 321 cm³/mol. The Hall–Kier alpha value is -6.62. The highest BCUT2D eigenvalue weighted by Crippen LogP contribution is 2.56. The van der Waals surface area contributed by atoms with Gasteiger partial charge in [0.15, 0.2) is 0 Å². The van der Waals surface area contributed by atoms with Crippen LogP contribution in [0.25, 0.3) is 54.6 Å².